The number of benzene rings is 2. The number of nitrogens with zero attached hydrogens (tertiary/aromatic N) is 4. The van der Waals surface area contributed by atoms with Gasteiger partial charge in [-0.05, 0) is 60.7 Å². The molecule has 3 aromatic rings. The molecule has 2 atom stereocenters. The molecule has 9 heteroatoms. The Morgan fingerprint density at radius 2 is 1.91 bits per heavy atom. The fourth-order valence-electron chi connectivity index (χ4n) is 5.12. The van der Waals surface area contributed by atoms with Gasteiger partial charge in [-0.3, -0.25) is 9.62 Å². The first-order valence-electron chi connectivity index (χ1n) is 11.3. The van der Waals surface area contributed by atoms with Gasteiger partial charge in [-0.15, -0.1) is 5.10 Å². The molecule has 1 saturated heterocycles. The standard InChI is InChI=1S/C24H29N5O3S/c1-33(31,32)26-20-7-4-6-18(13-20)17-9-11-28(12-10-17)15-21-16-29(27-25-21)24-22-8-3-2-5-19(22)14-23(24)30/h2-8,13,16-17,23-24,26,30H,9-12,14-15H2,1H3/t23-,24-/m0/s1. The van der Waals surface area contributed by atoms with Crippen molar-refractivity contribution < 1.29 is 13.5 Å². The van der Waals surface area contributed by atoms with Crippen LogP contribution in [0.1, 0.15) is 47.2 Å². The van der Waals surface area contributed by atoms with E-state index < -0.39 is 16.1 Å². The van der Waals surface area contributed by atoms with E-state index in [2.05, 4.69) is 38.1 Å². The number of sulfonamides is 1. The van der Waals surface area contributed by atoms with Gasteiger partial charge >= 0.3 is 0 Å². The molecule has 2 aliphatic rings. The van der Waals surface area contributed by atoms with Crippen molar-refractivity contribution in [2.75, 3.05) is 24.1 Å². The van der Waals surface area contributed by atoms with Gasteiger partial charge in [0, 0.05) is 18.7 Å². The van der Waals surface area contributed by atoms with E-state index in [4.69, 9.17) is 0 Å². The fraction of sp³-hybridized carbons (Fsp3) is 0.417. The number of rotatable bonds is 6. The quantitative estimate of drug-likeness (QED) is 0.578. The summed E-state index contributed by atoms with van der Waals surface area (Å²) in [5.41, 5.74) is 4.98. The zero-order valence-corrected chi connectivity index (χ0v) is 19.4. The van der Waals surface area contributed by atoms with E-state index >= 15 is 0 Å². The van der Waals surface area contributed by atoms with Crippen LogP contribution in [0.15, 0.2) is 54.7 Å². The predicted molar refractivity (Wildman–Crippen MR) is 126 cm³/mol. The topological polar surface area (TPSA) is 100 Å². The maximum Gasteiger partial charge on any atom is 0.229 e. The summed E-state index contributed by atoms with van der Waals surface area (Å²) in [5, 5.41) is 19.3. The zero-order chi connectivity index (χ0) is 23.0. The third kappa shape index (κ3) is 4.95. The minimum atomic E-state index is -3.28. The third-order valence-electron chi connectivity index (χ3n) is 6.64. The van der Waals surface area contributed by atoms with Crippen molar-refractivity contribution in [2.24, 2.45) is 0 Å². The first-order chi connectivity index (χ1) is 15.9. The third-order valence-corrected chi connectivity index (χ3v) is 7.25. The molecule has 8 nitrogen and oxygen atoms in total. The van der Waals surface area contributed by atoms with Gasteiger partial charge in [-0.2, -0.15) is 0 Å². The molecule has 5 rings (SSSR count). The maximum atomic E-state index is 11.5. The number of likely N-dealkylation sites (tertiary alicyclic amines) is 1. The van der Waals surface area contributed by atoms with Crippen molar-refractivity contribution >= 4 is 15.7 Å². The predicted octanol–water partition coefficient (Wildman–Crippen LogP) is 2.54. The minimum Gasteiger partial charge on any atom is -0.390 e. The molecule has 0 radical (unpaired) electrons. The first kappa shape index (κ1) is 22.1. The van der Waals surface area contributed by atoms with Gasteiger partial charge in [0.15, 0.2) is 0 Å². The van der Waals surface area contributed by atoms with E-state index in [0.717, 1.165) is 43.7 Å². The summed E-state index contributed by atoms with van der Waals surface area (Å²) < 4.78 is 27.4. The smallest absolute Gasteiger partial charge is 0.229 e. The van der Waals surface area contributed by atoms with Crippen LogP contribution in [0.5, 0.6) is 0 Å². The Kier molecular flexibility index (Phi) is 5.94. The molecule has 1 aliphatic heterocycles. The normalized spacial score (nSPS) is 21.8. The van der Waals surface area contributed by atoms with Gasteiger partial charge in [-0.1, -0.05) is 41.6 Å². The Morgan fingerprint density at radius 3 is 2.70 bits per heavy atom. The van der Waals surface area contributed by atoms with Crippen LogP contribution in [-0.2, 0) is 23.0 Å². The maximum absolute atomic E-state index is 11.5. The monoisotopic (exact) mass is 467 g/mol. The Hall–Kier alpha value is -2.75. The molecular weight excluding hydrogens is 438 g/mol. The van der Waals surface area contributed by atoms with Gasteiger partial charge < -0.3 is 5.11 Å². The number of aromatic nitrogens is 3. The van der Waals surface area contributed by atoms with Crippen LogP contribution in [-0.4, -0.2) is 58.9 Å². The van der Waals surface area contributed by atoms with Crippen molar-refractivity contribution in [3.05, 3.63) is 77.1 Å². The molecule has 0 amide bonds. The number of aliphatic hydroxyl groups is 1. The lowest BCUT2D eigenvalue weighted by Crippen LogP contribution is -2.32. The van der Waals surface area contributed by atoms with Crippen LogP contribution in [0.3, 0.4) is 0 Å². The molecule has 1 aromatic heterocycles. The highest BCUT2D eigenvalue weighted by molar-refractivity contribution is 7.92. The van der Waals surface area contributed by atoms with Crippen molar-refractivity contribution in [3.8, 4) is 0 Å². The van der Waals surface area contributed by atoms with E-state index in [1.807, 2.05) is 30.5 Å². The second-order valence-electron chi connectivity index (χ2n) is 9.16. The highest BCUT2D eigenvalue weighted by Crippen LogP contribution is 2.34. The lowest BCUT2D eigenvalue weighted by molar-refractivity contribution is 0.137. The number of fused-ring (bicyclic) bond motifs is 1. The average Bonchev–Trinajstić information content (AvgIpc) is 3.36. The summed E-state index contributed by atoms with van der Waals surface area (Å²) in [6, 6.07) is 15.6. The van der Waals surface area contributed by atoms with Crippen molar-refractivity contribution in [1.29, 1.82) is 0 Å². The van der Waals surface area contributed by atoms with Gasteiger partial charge in [0.2, 0.25) is 10.0 Å². The molecule has 2 heterocycles. The molecule has 174 valence electrons. The van der Waals surface area contributed by atoms with Crippen LogP contribution in [0.4, 0.5) is 5.69 Å². The summed E-state index contributed by atoms with van der Waals surface area (Å²) in [6.45, 7) is 2.61. The summed E-state index contributed by atoms with van der Waals surface area (Å²) in [7, 11) is -3.28. The van der Waals surface area contributed by atoms with Crippen LogP contribution < -0.4 is 4.72 Å². The molecule has 1 fully saturated rings. The summed E-state index contributed by atoms with van der Waals surface area (Å²) in [5.74, 6) is 0.406. The van der Waals surface area contributed by atoms with Crippen LogP contribution >= 0.6 is 0 Å². The van der Waals surface area contributed by atoms with E-state index in [0.29, 0.717) is 18.0 Å². The first-order valence-corrected chi connectivity index (χ1v) is 13.2. The Bertz CT molecular complexity index is 1230. The summed E-state index contributed by atoms with van der Waals surface area (Å²) in [4.78, 5) is 2.38. The van der Waals surface area contributed by atoms with Crippen molar-refractivity contribution in [1.82, 2.24) is 19.9 Å². The summed E-state index contributed by atoms with van der Waals surface area (Å²) in [6.07, 6.45) is 5.30. The zero-order valence-electron chi connectivity index (χ0n) is 18.6. The van der Waals surface area contributed by atoms with Gasteiger partial charge in [-0.25, -0.2) is 13.1 Å². The fourth-order valence-corrected chi connectivity index (χ4v) is 5.67. The van der Waals surface area contributed by atoms with Crippen molar-refractivity contribution in [3.63, 3.8) is 0 Å². The van der Waals surface area contributed by atoms with E-state index in [1.54, 1.807) is 10.7 Å². The number of piperidine rings is 1. The highest BCUT2D eigenvalue weighted by atomic mass is 32.2. The number of nitrogens with one attached hydrogen (secondary N) is 1. The molecule has 0 saturated carbocycles. The number of anilines is 1. The van der Waals surface area contributed by atoms with E-state index in [9.17, 15) is 13.5 Å². The number of hydrogen-bond acceptors (Lipinski definition) is 6. The highest BCUT2D eigenvalue weighted by Gasteiger charge is 2.33. The minimum absolute atomic E-state index is 0.180. The lowest BCUT2D eigenvalue weighted by atomic mass is 9.89. The van der Waals surface area contributed by atoms with Gasteiger partial charge in [0.25, 0.3) is 0 Å². The number of aliphatic hydroxyl groups excluding tert-OH is 1. The molecule has 1 aliphatic carbocycles. The van der Waals surface area contributed by atoms with E-state index in [-0.39, 0.29) is 6.04 Å². The van der Waals surface area contributed by atoms with Gasteiger partial charge in [0.1, 0.15) is 6.04 Å². The second-order valence-corrected chi connectivity index (χ2v) is 10.9. The largest absolute Gasteiger partial charge is 0.390 e. The van der Waals surface area contributed by atoms with Crippen LogP contribution in [0.25, 0.3) is 0 Å². The van der Waals surface area contributed by atoms with Crippen molar-refractivity contribution in [2.45, 2.75) is 43.9 Å². The van der Waals surface area contributed by atoms with Crippen LogP contribution in [0.2, 0.25) is 0 Å². The molecule has 0 bridgehead atoms. The Morgan fingerprint density at radius 1 is 1.12 bits per heavy atom. The molecule has 33 heavy (non-hydrogen) atoms. The Labute approximate surface area is 194 Å². The summed E-state index contributed by atoms with van der Waals surface area (Å²) >= 11 is 0. The molecular formula is C24H29N5O3S. The molecule has 0 unspecified atom stereocenters. The molecule has 0 spiro atoms. The van der Waals surface area contributed by atoms with E-state index in [1.165, 1.54) is 17.4 Å². The second kappa shape index (κ2) is 8.89. The molecule has 2 N–H and O–H groups in total. The number of hydrogen-bond donors (Lipinski definition) is 2. The van der Waals surface area contributed by atoms with Crippen LogP contribution in [0, 0.1) is 0 Å². The lowest BCUT2D eigenvalue weighted by Gasteiger charge is -2.31. The van der Waals surface area contributed by atoms with Gasteiger partial charge in [0.05, 0.1) is 24.3 Å². The molecule has 2 aromatic carbocycles. The SMILES string of the molecule is CS(=O)(=O)Nc1cccc(C2CCN(Cc3cn([C@H]4c5ccccc5C[C@@H]4O)nn3)CC2)c1. The average molecular weight is 468 g/mol. The Balaban J connectivity index is 1.20.